The summed E-state index contributed by atoms with van der Waals surface area (Å²) in [5, 5.41) is 3.23. The third-order valence-electron chi connectivity index (χ3n) is 4.22. The third kappa shape index (κ3) is 5.49. The molecule has 0 radical (unpaired) electrons. The van der Waals surface area contributed by atoms with Crippen LogP contribution >= 0.6 is 0 Å². The fraction of sp³-hybridized carbons (Fsp3) is 0.933. The Bertz CT molecular complexity index is 286. The lowest BCUT2D eigenvalue weighted by Crippen LogP contribution is -2.43. The number of primary amides is 1. The number of nitrogens with two attached hydrogens (primary N) is 1. The molecule has 0 aliphatic carbocycles. The van der Waals surface area contributed by atoms with Gasteiger partial charge in [0, 0.05) is 13.1 Å². The molecule has 0 aromatic rings. The molecule has 4 heteroatoms. The second-order valence-corrected chi connectivity index (χ2v) is 6.85. The smallest absolute Gasteiger partial charge is 0.234 e. The highest BCUT2D eigenvalue weighted by molar-refractivity contribution is 5.79. The van der Waals surface area contributed by atoms with Crippen molar-refractivity contribution in [3.05, 3.63) is 0 Å². The van der Waals surface area contributed by atoms with E-state index in [1.165, 1.54) is 6.42 Å². The molecule has 4 nitrogen and oxygen atoms in total. The molecule has 0 spiro atoms. The Morgan fingerprint density at radius 3 is 2.63 bits per heavy atom. The predicted molar refractivity (Wildman–Crippen MR) is 79.9 cm³/mol. The van der Waals surface area contributed by atoms with Gasteiger partial charge in [-0.25, -0.2) is 0 Å². The molecule has 0 saturated carbocycles. The molecule has 112 valence electrons. The van der Waals surface area contributed by atoms with E-state index < -0.39 is 0 Å². The third-order valence-corrected chi connectivity index (χ3v) is 4.22. The van der Waals surface area contributed by atoms with Crippen LogP contribution in [0.4, 0.5) is 0 Å². The summed E-state index contributed by atoms with van der Waals surface area (Å²) < 4.78 is 0. The van der Waals surface area contributed by atoms with E-state index in [0.29, 0.717) is 5.41 Å². The van der Waals surface area contributed by atoms with Crippen LogP contribution in [0.15, 0.2) is 0 Å². The number of nitrogens with one attached hydrogen (secondary N) is 1. The Kier molecular flexibility index (Phi) is 6.27. The van der Waals surface area contributed by atoms with Crippen LogP contribution in [0.25, 0.3) is 0 Å². The van der Waals surface area contributed by atoms with Crippen LogP contribution < -0.4 is 11.1 Å². The normalized spacial score (nSPS) is 22.6. The van der Waals surface area contributed by atoms with Crippen molar-refractivity contribution in [2.24, 2.45) is 17.1 Å². The Balaban J connectivity index is 2.34. The van der Waals surface area contributed by atoms with Crippen molar-refractivity contribution in [3.8, 4) is 0 Å². The van der Waals surface area contributed by atoms with Gasteiger partial charge >= 0.3 is 0 Å². The highest BCUT2D eigenvalue weighted by Gasteiger charge is 2.31. The molecular formula is C15H31N3O. The summed E-state index contributed by atoms with van der Waals surface area (Å²) in [4.78, 5) is 13.8. The van der Waals surface area contributed by atoms with Crippen LogP contribution in [0.5, 0.6) is 0 Å². The standard InChI is InChI=1S/C15H31N3O/c1-5-8-17-13(14(16)19)7-10-18-9-6-12(11-18)15(2,3)4/h12-13,17H,5-11H2,1-4H3,(H2,16,19). The molecule has 1 rings (SSSR count). The summed E-state index contributed by atoms with van der Waals surface area (Å²) >= 11 is 0. The number of likely N-dealkylation sites (tertiary alicyclic amines) is 1. The molecule has 1 aliphatic rings. The van der Waals surface area contributed by atoms with Gasteiger partial charge in [0.15, 0.2) is 0 Å². The van der Waals surface area contributed by atoms with Crippen LogP contribution in [-0.2, 0) is 4.79 Å². The van der Waals surface area contributed by atoms with Crippen molar-refractivity contribution in [2.75, 3.05) is 26.2 Å². The van der Waals surface area contributed by atoms with E-state index >= 15 is 0 Å². The van der Waals surface area contributed by atoms with Crippen LogP contribution in [0.1, 0.15) is 47.0 Å². The zero-order chi connectivity index (χ0) is 14.5. The lowest BCUT2D eigenvalue weighted by atomic mass is 9.80. The van der Waals surface area contributed by atoms with Crippen molar-refractivity contribution in [1.82, 2.24) is 10.2 Å². The monoisotopic (exact) mass is 269 g/mol. The Hall–Kier alpha value is -0.610. The largest absolute Gasteiger partial charge is 0.368 e. The summed E-state index contributed by atoms with van der Waals surface area (Å²) in [6.07, 6.45) is 3.12. The second kappa shape index (κ2) is 7.25. The number of hydrogen-bond donors (Lipinski definition) is 2. The van der Waals surface area contributed by atoms with E-state index in [-0.39, 0.29) is 11.9 Å². The molecule has 0 bridgehead atoms. The molecular weight excluding hydrogens is 238 g/mol. The molecule has 1 saturated heterocycles. The molecule has 1 aliphatic heterocycles. The molecule has 1 amide bonds. The molecule has 2 unspecified atom stereocenters. The second-order valence-electron chi connectivity index (χ2n) is 6.85. The lowest BCUT2D eigenvalue weighted by Gasteiger charge is -2.27. The summed E-state index contributed by atoms with van der Waals surface area (Å²) in [6, 6.07) is -0.173. The number of rotatable bonds is 7. The van der Waals surface area contributed by atoms with Crippen LogP contribution in [0, 0.1) is 11.3 Å². The van der Waals surface area contributed by atoms with Crippen molar-refractivity contribution < 1.29 is 4.79 Å². The van der Waals surface area contributed by atoms with Gasteiger partial charge in [0.25, 0.3) is 0 Å². The molecule has 0 aromatic carbocycles. The molecule has 19 heavy (non-hydrogen) atoms. The van der Waals surface area contributed by atoms with Gasteiger partial charge in [0.2, 0.25) is 5.91 Å². The van der Waals surface area contributed by atoms with Crippen molar-refractivity contribution in [3.63, 3.8) is 0 Å². The first-order valence-corrected chi connectivity index (χ1v) is 7.59. The van der Waals surface area contributed by atoms with Gasteiger partial charge < -0.3 is 16.0 Å². The van der Waals surface area contributed by atoms with Gasteiger partial charge in [-0.1, -0.05) is 27.7 Å². The molecule has 0 aromatic heterocycles. The SMILES string of the molecule is CCCNC(CCN1CCC(C(C)(C)C)C1)C(N)=O. The maximum absolute atomic E-state index is 11.4. The highest BCUT2D eigenvalue weighted by atomic mass is 16.1. The summed E-state index contributed by atoms with van der Waals surface area (Å²) in [5.41, 5.74) is 5.83. The lowest BCUT2D eigenvalue weighted by molar-refractivity contribution is -0.120. The van der Waals surface area contributed by atoms with Gasteiger partial charge in [-0.2, -0.15) is 0 Å². The Morgan fingerprint density at radius 1 is 1.47 bits per heavy atom. The maximum atomic E-state index is 11.4. The average molecular weight is 269 g/mol. The highest BCUT2D eigenvalue weighted by Crippen LogP contribution is 2.33. The van der Waals surface area contributed by atoms with Gasteiger partial charge in [-0.15, -0.1) is 0 Å². The molecule has 1 heterocycles. The van der Waals surface area contributed by atoms with E-state index in [2.05, 4.69) is 37.9 Å². The van der Waals surface area contributed by atoms with Crippen molar-refractivity contribution >= 4 is 5.91 Å². The van der Waals surface area contributed by atoms with Crippen LogP contribution in [-0.4, -0.2) is 43.0 Å². The van der Waals surface area contributed by atoms with Crippen molar-refractivity contribution in [1.29, 1.82) is 0 Å². The average Bonchev–Trinajstić information content (AvgIpc) is 2.77. The van der Waals surface area contributed by atoms with Gasteiger partial charge in [-0.05, 0) is 43.7 Å². The van der Waals surface area contributed by atoms with Gasteiger partial charge in [0.05, 0.1) is 6.04 Å². The Labute approximate surface area is 118 Å². The number of carbonyl (C=O) groups excluding carboxylic acids is 1. The van der Waals surface area contributed by atoms with E-state index in [1.54, 1.807) is 0 Å². The first kappa shape index (κ1) is 16.4. The van der Waals surface area contributed by atoms with E-state index in [9.17, 15) is 4.79 Å². The van der Waals surface area contributed by atoms with E-state index in [0.717, 1.165) is 44.9 Å². The molecule has 2 atom stereocenters. The number of nitrogens with zero attached hydrogens (tertiary/aromatic N) is 1. The van der Waals surface area contributed by atoms with E-state index in [1.807, 2.05) is 0 Å². The summed E-state index contributed by atoms with van der Waals surface area (Å²) in [7, 11) is 0. The van der Waals surface area contributed by atoms with Crippen LogP contribution in [0.2, 0.25) is 0 Å². The minimum atomic E-state index is -0.222. The number of hydrogen-bond acceptors (Lipinski definition) is 3. The number of carbonyl (C=O) groups is 1. The van der Waals surface area contributed by atoms with Gasteiger partial charge in [0.1, 0.15) is 0 Å². The predicted octanol–water partition coefficient (Wildman–Crippen LogP) is 1.60. The van der Waals surface area contributed by atoms with Gasteiger partial charge in [-0.3, -0.25) is 4.79 Å². The Morgan fingerprint density at radius 2 is 2.16 bits per heavy atom. The summed E-state index contributed by atoms with van der Waals surface area (Å²) in [5.74, 6) is 0.545. The maximum Gasteiger partial charge on any atom is 0.234 e. The first-order valence-electron chi connectivity index (χ1n) is 7.59. The molecule has 1 fully saturated rings. The fourth-order valence-corrected chi connectivity index (χ4v) is 2.72. The first-order chi connectivity index (χ1) is 8.84. The minimum Gasteiger partial charge on any atom is -0.368 e. The zero-order valence-corrected chi connectivity index (χ0v) is 13.0. The van der Waals surface area contributed by atoms with E-state index in [4.69, 9.17) is 5.73 Å². The number of amides is 1. The zero-order valence-electron chi connectivity index (χ0n) is 13.0. The quantitative estimate of drug-likeness (QED) is 0.738. The molecule has 3 N–H and O–H groups in total. The van der Waals surface area contributed by atoms with Crippen molar-refractivity contribution in [2.45, 2.75) is 53.0 Å². The van der Waals surface area contributed by atoms with Crippen LogP contribution in [0.3, 0.4) is 0 Å². The fourth-order valence-electron chi connectivity index (χ4n) is 2.72. The minimum absolute atomic E-state index is 0.173. The topological polar surface area (TPSA) is 58.4 Å². The summed E-state index contributed by atoms with van der Waals surface area (Å²) in [6.45, 7) is 13.2.